The molecule has 1 atom stereocenters. The van der Waals surface area contributed by atoms with Crippen molar-refractivity contribution in [1.82, 2.24) is 10.2 Å². The van der Waals surface area contributed by atoms with Crippen LogP contribution in [0.3, 0.4) is 0 Å². The van der Waals surface area contributed by atoms with Crippen molar-refractivity contribution < 1.29 is 14.1 Å². The van der Waals surface area contributed by atoms with E-state index in [9.17, 15) is 19.3 Å². The minimum Gasteiger partial charge on any atom is -0.371 e. The van der Waals surface area contributed by atoms with E-state index >= 15 is 0 Å². The third-order valence-corrected chi connectivity index (χ3v) is 4.33. The number of anilines is 1. The number of hydrogen-bond donors (Lipinski definition) is 2. The van der Waals surface area contributed by atoms with Crippen LogP contribution in [0.25, 0.3) is 0 Å². The molecule has 0 aromatic heterocycles. The number of rotatable bonds is 5. The summed E-state index contributed by atoms with van der Waals surface area (Å²) in [4.78, 5) is 24.9. The van der Waals surface area contributed by atoms with Gasteiger partial charge in [-0.3, -0.25) is 14.9 Å². The summed E-state index contributed by atoms with van der Waals surface area (Å²) in [5.74, 6) is -0.544. The van der Waals surface area contributed by atoms with Gasteiger partial charge in [-0.15, -0.1) is 12.4 Å². The second kappa shape index (κ2) is 9.29. The van der Waals surface area contributed by atoms with Crippen LogP contribution < -0.4 is 10.6 Å². The normalized spacial score (nSPS) is 16.3. The average molecular weight is 395 g/mol. The summed E-state index contributed by atoms with van der Waals surface area (Å²) in [5, 5.41) is 17.1. The lowest BCUT2D eigenvalue weighted by molar-refractivity contribution is -0.383. The van der Waals surface area contributed by atoms with Crippen LogP contribution >= 0.6 is 12.4 Å². The van der Waals surface area contributed by atoms with E-state index in [0.717, 1.165) is 5.56 Å². The maximum absolute atomic E-state index is 13.5. The number of para-hydroxylation sites is 2. The Morgan fingerprint density at radius 3 is 2.81 bits per heavy atom. The van der Waals surface area contributed by atoms with E-state index in [-0.39, 0.29) is 42.4 Å². The first-order valence-corrected chi connectivity index (χ1v) is 8.29. The zero-order valence-corrected chi connectivity index (χ0v) is 15.2. The number of hydrogen-bond acceptors (Lipinski definition) is 5. The summed E-state index contributed by atoms with van der Waals surface area (Å²) in [6.07, 6.45) is 0. The number of nitro groups is 1. The molecule has 1 saturated heterocycles. The lowest BCUT2D eigenvalue weighted by Gasteiger charge is -2.36. The second-order valence-electron chi connectivity index (χ2n) is 5.99. The maximum Gasteiger partial charge on any atom is 0.292 e. The summed E-state index contributed by atoms with van der Waals surface area (Å²) < 4.78 is 13.5. The Hall–Kier alpha value is -2.71. The molecule has 1 fully saturated rings. The summed E-state index contributed by atoms with van der Waals surface area (Å²) in [6, 6.07) is 12.1. The number of nitrogens with one attached hydrogen (secondary N) is 2. The number of nitrogens with zero attached hydrogens (tertiary/aromatic N) is 2. The molecule has 0 spiro atoms. The van der Waals surface area contributed by atoms with Gasteiger partial charge in [0, 0.05) is 25.7 Å². The highest BCUT2D eigenvalue weighted by Gasteiger charge is 2.28. The smallest absolute Gasteiger partial charge is 0.292 e. The molecule has 0 saturated carbocycles. The lowest BCUT2D eigenvalue weighted by Crippen LogP contribution is -2.50. The van der Waals surface area contributed by atoms with Crippen molar-refractivity contribution in [3.8, 4) is 0 Å². The molecule has 2 aromatic carbocycles. The number of piperazine rings is 1. The highest BCUT2D eigenvalue weighted by atomic mass is 35.5. The zero-order valence-electron chi connectivity index (χ0n) is 14.4. The van der Waals surface area contributed by atoms with E-state index in [0.29, 0.717) is 25.3 Å². The van der Waals surface area contributed by atoms with Crippen LogP contribution in [-0.4, -0.2) is 41.9 Å². The van der Waals surface area contributed by atoms with E-state index < -0.39 is 4.92 Å². The van der Waals surface area contributed by atoms with Crippen LogP contribution in [0.1, 0.15) is 11.6 Å². The van der Waals surface area contributed by atoms with Gasteiger partial charge in [0.1, 0.15) is 11.5 Å². The molecule has 1 heterocycles. The molecule has 7 nitrogen and oxygen atoms in total. The summed E-state index contributed by atoms with van der Waals surface area (Å²) in [7, 11) is 0. The van der Waals surface area contributed by atoms with Crippen LogP contribution in [0.2, 0.25) is 0 Å². The van der Waals surface area contributed by atoms with Crippen molar-refractivity contribution in [2.45, 2.75) is 6.04 Å². The summed E-state index contributed by atoms with van der Waals surface area (Å²) >= 11 is 0. The van der Waals surface area contributed by atoms with Gasteiger partial charge in [-0.1, -0.05) is 24.3 Å². The largest absolute Gasteiger partial charge is 0.371 e. The molecular formula is C18H20ClFN4O3. The molecule has 2 N–H and O–H groups in total. The zero-order chi connectivity index (χ0) is 18.5. The highest BCUT2D eigenvalue weighted by molar-refractivity contribution is 5.85. The molecule has 1 aliphatic rings. The van der Waals surface area contributed by atoms with E-state index in [2.05, 4.69) is 10.6 Å². The number of amides is 1. The molecule has 0 radical (unpaired) electrons. The first-order valence-electron chi connectivity index (χ1n) is 8.29. The van der Waals surface area contributed by atoms with Crippen molar-refractivity contribution in [3.63, 3.8) is 0 Å². The van der Waals surface area contributed by atoms with E-state index in [1.165, 1.54) is 18.2 Å². The molecule has 1 unspecified atom stereocenters. The third-order valence-electron chi connectivity index (χ3n) is 4.33. The SMILES string of the molecule is Cl.O=C(CNc1ccccc1[N+](=O)[O-])N1CCNCC1c1cccc(F)c1. The number of halogens is 2. The second-order valence-corrected chi connectivity index (χ2v) is 5.99. The highest BCUT2D eigenvalue weighted by Crippen LogP contribution is 2.25. The Bertz CT molecular complexity index is 821. The molecule has 3 rings (SSSR count). The fraction of sp³-hybridized carbons (Fsp3) is 0.278. The van der Waals surface area contributed by atoms with Gasteiger partial charge < -0.3 is 15.5 Å². The monoisotopic (exact) mass is 394 g/mol. The maximum atomic E-state index is 13.5. The molecule has 144 valence electrons. The molecule has 1 amide bonds. The molecule has 9 heteroatoms. The quantitative estimate of drug-likeness (QED) is 0.601. The Kier molecular flexibility index (Phi) is 7.09. The van der Waals surface area contributed by atoms with Gasteiger partial charge in [0.15, 0.2) is 0 Å². The van der Waals surface area contributed by atoms with Crippen LogP contribution in [-0.2, 0) is 4.79 Å². The first kappa shape index (κ1) is 20.6. The van der Waals surface area contributed by atoms with Gasteiger partial charge in [0.2, 0.25) is 5.91 Å². The van der Waals surface area contributed by atoms with Crippen molar-refractivity contribution in [1.29, 1.82) is 0 Å². The van der Waals surface area contributed by atoms with E-state index in [1.54, 1.807) is 35.2 Å². The van der Waals surface area contributed by atoms with Crippen molar-refractivity contribution in [3.05, 3.63) is 70.0 Å². The molecular weight excluding hydrogens is 375 g/mol. The van der Waals surface area contributed by atoms with Crippen LogP contribution in [0, 0.1) is 15.9 Å². The first-order chi connectivity index (χ1) is 12.6. The molecule has 27 heavy (non-hydrogen) atoms. The van der Waals surface area contributed by atoms with E-state index in [4.69, 9.17) is 0 Å². The van der Waals surface area contributed by atoms with Gasteiger partial charge in [-0.25, -0.2) is 4.39 Å². The third kappa shape index (κ3) is 4.93. The van der Waals surface area contributed by atoms with Crippen molar-refractivity contribution in [2.24, 2.45) is 0 Å². The average Bonchev–Trinajstić information content (AvgIpc) is 2.66. The van der Waals surface area contributed by atoms with Crippen LogP contribution in [0.15, 0.2) is 48.5 Å². The summed E-state index contributed by atoms with van der Waals surface area (Å²) in [6.45, 7) is 1.58. The Morgan fingerprint density at radius 2 is 2.07 bits per heavy atom. The number of nitro benzene ring substituents is 1. The van der Waals surface area contributed by atoms with E-state index in [1.807, 2.05) is 0 Å². The van der Waals surface area contributed by atoms with Crippen molar-refractivity contribution in [2.75, 3.05) is 31.5 Å². The fourth-order valence-electron chi connectivity index (χ4n) is 3.07. The number of carbonyl (C=O) groups excluding carboxylic acids is 1. The standard InChI is InChI=1S/C18H19FN4O3.ClH/c19-14-5-3-4-13(10-14)17-11-20-8-9-22(17)18(24)12-21-15-6-1-2-7-16(15)23(25)26;/h1-7,10,17,20-21H,8-9,11-12H2;1H. The van der Waals surface area contributed by atoms with Gasteiger partial charge in [0.25, 0.3) is 5.69 Å². The molecule has 0 bridgehead atoms. The summed E-state index contributed by atoms with van der Waals surface area (Å²) in [5.41, 5.74) is 0.932. The van der Waals surface area contributed by atoms with Gasteiger partial charge in [-0.05, 0) is 23.8 Å². The molecule has 2 aromatic rings. The topological polar surface area (TPSA) is 87.5 Å². The molecule has 1 aliphatic heterocycles. The van der Waals surface area contributed by atoms with Gasteiger partial charge in [-0.2, -0.15) is 0 Å². The number of carbonyl (C=O) groups is 1. The predicted molar refractivity (Wildman–Crippen MR) is 103 cm³/mol. The predicted octanol–water partition coefficient (Wildman–Crippen LogP) is 2.74. The van der Waals surface area contributed by atoms with Crippen LogP contribution in [0.4, 0.5) is 15.8 Å². The van der Waals surface area contributed by atoms with Crippen LogP contribution in [0.5, 0.6) is 0 Å². The Labute approximate surface area is 162 Å². The fourth-order valence-corrected chi connectivity index (χ4v) is 3.07. The Morgan fingerprint density at radius 1 is 1.30 bits per heavy atom. The Balaban J connectivity index is 0.00000261. The minimum atomic E-state index is -0.493. The molecule has 0 aliphatic carbocycles. The lowest BCUT2D eigenvalue weighted by atomic mass is 10.0. The minimum absolute atomic E-state index is 0. The number of benzene rings is 2. The van der Waals surface area contributed by atoms with Gasteiger partial charge in [0.05, 0.1) is 17.5 Å². The van der Waals surface area contributed by atoms with Gasteiger partial charge >= 0.3 is 0 Å². The van der Waals surface area contributed by atoms with Crippen molar-refractivity contribution >= 4 is 29.7 Å².